The number of allylic oxidation sites excluding steroid dienone is 1. The van der Waals surface area contributed by atoms with Gasteiger partial charge in [-0.25, -0.2) is 0 Å². The average molecular weight is 177 g/mol. The first-order valence-electron chi connectivity index (χ1n) is 4.31. The second-order valence-corrected chi connectivity index (χ2v) is 2.65. The van der Waals surface area contributed by atoms with Crippen molar-refractivity contribution in [1.29, 1.82) is 0 Å². The first-order valence-corrected chi connectivity index (χ1v) is 4.31. The number of para-hydroxylation sites is 1. The van der Waals surface area contributed by atoms with Crippen LogP contribution in [0.25, 0.3) is 5.76 Å². The third kappa shape index (κ3) is 2.02. The maximum atomic E-state index is 5.25. The predicted octanol–water partition coefficient (Wildman–Crippen LogP) is 2.74. The van der Waals surface area contributed by atoms with Gasteiger partial charge < -0.3 is 10.1 Å². The maximum absolute atomic E-state index is 5.25. The van der Waals surface area contributed by atoms with Crippen molar-refractivity contribution >= 4 is 11.4 Å². The fourth-order valence-corrected chi connectivity index (χ4v) is 1.30. The molecule has 0 aliphatic heterocycles. The molecule has 0 saturated carbocycles. The van der Waals surface area contributed by atoms with Crippen molar-refractivity contribution in [2.75, 3.05) is 19.5 Å². The largest absolute Gasteiger partial charge is 0.496 e. The number of anilines is 1. The smallest absolute Gasteiger partial charge is 0.123 e. The van der Waals surface area contributed by atoms with Crippen molar-refractivity contribution in [1.82, 2.24) is 0 Å². The lowest BCUT2D eigenvalue weighted by atomic mass is 10.1. The molecule has 2 heteroatoms. The van der Waals surface area contributed by atoms with E-state index in [4.69, 9.17) is 4.74 Å². The second kappa shape index (κ2) is 4.55. The SMILES string of the molecule is C/C=C(/OC)c1ccccc1NC. The summed E-state index contributed by atoms with van der Waals surface area (Å²) in [4.78, 5) is 0. The van der Waals surface area contributed by atoms with Crippen LogP contribution in [0.5, 0.6) is 0 Å². The molecule has 0 fully saturated rings. The Hall–Kier alpha value is -1.44. The topological polar surface area (TPSA) is 21.3 Å². The molecule has 70 valence electrons. The van der Waals surface area contributed by atoms with Gasteiger partial charge >= 0.3 is 0 Å². The van der Waals surface area contributed by atoms with E-state index in [1.807, 2.05) is 44.3 Å². The molecule has 0 saturated heterocycles. The molecule has 1 N–H and O–H groups in total. The fraction of sp³-hybridized carbons (Fsp3) is 0.273. The summed E-state index contributed by atoms with van der Waals surface area (Å²) in [6, 6.07) is 8.06. The summed E-state index contributed by atoms with van der Waals surface area (Å²) in [6.07, 6.45) is 1.95. The number of hydrogen-bond acceptors (Lipinski definition) is 2. The minimum absolute atomic E-state index is 0.893. The van der Waals surface area contributed by atoms with E-state index < -0.39 is 0 Å². The molecule has 0 aromatic heterocycles. The highest BCUT2D eigenvalue weighted by Gasteiger charge is 2.04. The Morgan fingerprint density at radius 2 is 2.08 bits per heavy atom. The molecule has 0 spiro atoms. The molecule has 1 aromatic carbocycles. The van der Waals surface area contributed by atoms with Gasteiger partial charge in [-0.15, -0.1) is 0 Å². The van der Waals surface area contributed by atoms with Gasteiger partial charge in [0.2, 0.25) is 0 Å². The summed E-state index contributed by atoms with van der Waals surface area (Å²) in [5.74, 6) is 0.893. The predicted molar refractivity (Wildman–Crippen MR) is 56.6 cm³/mol. The summed E-state index contributed by atoms with van der Waals surface area (Å²) >= 11 is 0. The number of hydrogen-bond donors (Lipinski definition) is 1. The summed E-state index contributed by atoms with van der Waals surface area (Å²) in [5.41, 5.74) is 2.17. The van der Waals surface area contributed by atoms with Crippen LogP contribution in [-0.2, 0) is 4.74 Å². The molecule has 0 aliphatic carbocycles. The van der Waals surface area contributed by atoms with Gasteiger partial charge in [-0.1, -0.05) is 12.1 Å². The van der Waals surface area contributed by atoms with Gasteiger partial charge in [0.15, 0.2) is 0 Å². The zero-order valence-electron chi connectivity index (χ0n) is 8.29. The van der Waals surface area contributed by atoms with E-state index in [1.54, 1.807) is 7.11 Å². The van der Waals surface area contributed by atoms with Crippen LogP contribution in [-0.4, -0.2) is 14.2 Å². The van der Waals surface area contributed by atoms with E-state index >= 15 is 0 Å². The highest BCUT2D eigenvalue weighted by Crippen LogP contribution is 2.23. The highest BCUT2D eigenvalue weighted by molar-refractivity contribution is 5.72. The fourth-order valence-electron chi connectivity index (χ4n) is 1.30. The molecule has 1 rings (SSSR count). The van der Waals surface area contributed by atoms with Crippen molar-refractivity contribution in [3.8, 4) is 0 Å². The third-order valence-electron chi connectivity index (χ3n) is 1.94. The minimum Gasteiger partial charge on any atom is -0.496 e. The van der Waals surface area contributed by atoms with Gasteiger partial charge in [-0.05, 0) is 25.1 Å². The van der Waals surface area contributed by atoms with Gasteiger partial charge in [-0.3, -0.25) is 0 Å². The van der Waals surface area contributed by atoms with Crippen LogP contribution in [0.4, 0.5) is 5.69 Å². The third-order valence-corrected chi connectivity index (χ3v) is 1.94. The molecule has 13 heavy (non-hydrogen) atoms. The molecule has 0 heterocycles. The van der Waals surface area contributed by atoms with Crippen molar-refractivity contribution in [2.45, 2.75) is 6.92 Å². The quantitative estimate of drug-likeness (QED) is 0.717. The Labute approximate surface area is 79.2 Å². The maximum Gasteiger partial charge on any atom is 0.123 e. The van der Waals surface area contributed by atoms with E-state index in [0.29, 0.717) is 0 Å². The molecule has 0 unspecified atom stereocenters. The molecule has 1 aromatic rings. The lowest BCUT2D eigenvalue weighted by molar-refractivity contribution is 0.370. The van der Waals surface area contributed by atoms with Crippen LogP contribution >= 0.6 is 0 Å². The number of nitrogens with one attached hydrogen (secondary N) is 1. The van der Waals surface area contributed by atoms with Gasteiger partial charge in [0, 0.05) is 18.3 Å². The molecule has 0 atom stereocenters. The molecular formula is C11H15NO. The molecular weight excluding hydrogens is 162 g/mol. The van der Waals surface area contributed by atoms with Gasteiger partial charge in [-0.2, -0.15) is 0 Å². The van der Waals surface area contributed by atoms with E-state index in [1.165, 1.54) is 0 Å². The molecule has 0 radical (unpaired) electrons. The molecule has 0 bridgehead atoms. The average Bonchev–Trinajstić information content (AvgIpc) is 2.20. The first-order chi connectivity index (χ1) is 6.33. The van der Waals surface area contributed by atoms with Gasteiger partial charge in [0.05, 0.1) is 7.11 Å². The van der Waals surface area contributed by atoms with Gasteiger partial charge in [0.25, 0.3) is 0 Å². The Morgan fingerprint density at radius 3 is 2.62 bits per heavy atom. The summed E-state index contributed by atoms with van der Waals surface area (Å²) in [6.45, 7) is 1.96. The van der Waals surface area contributed by atoms with Crippen molar-refractivity contribution < 1.29 is 4.74 Å². The number of ether oxygens (including phenoxy) is 1. The van der Waals surface area contributed by atoms with Gasteiger partial charge in [0.1, 0.15) is 5.76 Å². The summed E-state index contributed by atoms with van der Waals surface area (Å²) < 4.78 is 5.25. The van der Waals surface area contributed by atoms with Crippen LogP contribution < -0.4 is 5.32 Å². The Morgan fingerprint density at radius 1 is 1.38 bits per heavy atom. The summed E-state index contributed by atoms with van der Waals surface area (Å²) in [7, 11) is 3.59. The standard InChI is InChI=1S/C11H15NO/c1-4-11(13-3)9-7-5-6-8-10(9)12-2/h4-8,12H,1-3H3/b11-4+. The van der Waals surface area contributed by atoms with Crippen molar-refractivity contribution in [3.63, 3.8) is 0 Å². The number of methoxy groups -OCH3 is 1. The number of rotatable bonds is 3. The van der Waals surface area contributed by atoms with E-state index in [-0.39, 0.29) is 0 Å². The zero-order valence-corrected chi connectivity index (χ0v) is 8.29. The minimum atomic E-state index is 0.893. The normalized spacial score (nSPS) is 11.2. The molecule has 2 nitrogen and oxygen atoms in total. The Bertz CT molecular complexity index is 305. The van der Waals surface area contributed by atoms with Crippen molar-refractivity contribution in [2.24, 2.45) is 0 Å². The lowest BCUT2D eigenvalue weighted by Gasteiger charge is -2.10. The highest BCUT2D eigenvalue weighted by atomic mass is 16.5. The monoisotopic (exact) mass is 177 g/mol. The zero-order chi connectivity index (χ0) is 9.68. The Kier molecular flexibility index (Phi) is 3.38. The van der Waals surface area contributed by atoms with E-state index in [2.05, 4.69) is 5.32 Å². The second-order valence-electron chi connectivity index (χ2n) is 2.65. The lowest BCUT2D eigenvalue weighted by Crippen LogP contribution is -1.95. The summed E-state index contributed by atoms with van der Waals surface area (Å²) in [5, 5.41) is 3.12. The molecule has 0 aliphatic rings. The van der Waals surface area contributed by atoms with E-state index in [0.717, 1.165) is 17.0 Å². The van der Waals surface area contributed by atoms with E-state index in [9.17, 15) is 0 Å². The molecule has 0 amide bonds. The number of benzene rings is 1. The first kappa shape index (κ1) is 9.65. The van der Waals surface area contributed by atoms with Crippen LogP contribution in [0, 0.1) is 0 Å². The van der Waals surface area contributed by atoms with Crippen LogP contribution in [0.15, 0.2) is 30.3 Å². The van der Waals surface area contributed by atoms with Crippen LogP contribution in [0.3, 0.4) is 0 Å². The van der Waals surface area contributed by atoms with Crippen LogP contribution in [0.1, 0.15) is 12.5 Å². The van der Waals surface area contributed by atoms with Crippen molar-refractivity contribution in [3.05, 3.63) is 35.9 Å². The Balaban J connectivity index is 3.12. The van der Waals surface area contributed by atoms with Crippen LogP contribution in [0.2, 0.25) is 0 Å².